The molecular formula is C19H23NO3. The number of para-hydroxylation sites is 1. The lowest BCUT2D eigenvalue weighted by atomic mass is 9.83. The molecule has 2 rings (SSSR count). The van der Waals surface area contributed by atoms with Gasteiger partial charge in [-0.15, -0.1) is 0 Å². The van der Waals surface area contributed by atoms with Crippen LogP contribution in [0.2, 0.25) is 0 Å². The molecule has 1 atom stereocenters. The van der Waals surface area contributed by atoms with E-state index in [9.17, 15) is 9.90 Å². The molecule has 0 aliphatic rings. The smallest absolute Gasteiger partial charge is 0.230 e. The van der Waals surface area contributed by atoms with Gasteiger partial charge in [0, 0.05) is 12.1 Å². The van der Waals surface area contributed by atoms with Crippen LogP contribution in [0.1, 0.15) is 31.1 Å². The summed E-state index contributed by atoms with van der Waals surface area (Å²) in [6.07, 6.45) is -0.818. The zero-order valence-electron chi connectivity index (χ0n) is 13.7. The summed E-state index contributed by atoms with van der Waals surface area (Å²) >= 11 is 0. The number of aliphatic hydroxyl groups is 1. The van der Waals surface area contributed by atoms with Gasteiger partial charge in [-0.1, -0.05) is 48.5 Å². The van der Waals surface area contributed by atoms with Gasteiger partial charge in [0.2, 0.25) is 5.91 Å². The zero-order valence-corrected chi connectivity index (χ0v) is 13.7. The van der Waals surface area contributed by atoms with Crippen LogP contribution >= 0.6 is 0 Å². The molecule has 2 N–H and O–H groups in total. The summed E-state index contributed by atoms with van der Waals surface area (Å²) in [6.45, 7) is 3.87. The largest absolute Gasteiger partial charge is 0.496 e. The molecule has 0 saturated carbocycles. The summed E-state index contributed by atoms with van der Waals surface area (Å²) in [5.74, 6) is 0.481. The Balaban J connectivity index is 2.04. The van der Waals surface area contributed by atoms with E-state index in [2.05, 4.69) is 5.32 Å². The number of benzene rings is 2. The Morgan fingerprint density at radius 1 is 1.13 bits per heavy atom. The van der Waals surface area contributed by atoms with E-state index in [0.717, 1.165) is 5.56 Å². The van der Waals surface area contributed by atoms with Gasteiger partial charge >= 0.3 is 0 Å². The Bertz CT molecular complexity index is 653. The fourth-order valence-corrected chi connectivity index (χ4v) is 2.45. The SMILES string of the molecule is COc1ccccc1C(O)CNC(=O)C(C)(C)c1ccccc1. The van der Waals surface area contributed by atoms with E-state index in [-0.39, 0.29) is 12.5 Å². The van der Waals surface area contributed by atoms with Crippen LogP contribution in [-0.2, 0) is 10.2 Å². The fraction of sp³-hybridized carbons (Fsp3) is 0.316. The first-order valence-electron chi connectivity index (χ1n) is 7.61. The summed E-state index contributed by atoms with van der Waals surface area (Å²) in [4.78, 5) is 12.5. The van der Waals surface area contributed by atoms with Crippen molar-refractivity contribution in [2.45, 2.75) is 25.4 Å². The van der Waals surface area contributed by atoms with Gasteiger partial charge < -0.3 is 15.2 Å². The summed E-state index contributed by atoms with van der Waals surface area (Å²) in [5.41, 5.74) is 0.930. The number of hydrogen-bond acceptors (Lipinski definition) is 3. The maximum atomic E-state index is 12.5. The van der Waals surface area contributed by atoms with Crippen LogP contribution in [0.25, 0.3) is 0 Å². The number of carbonyl (C=O) groups excluding carboxylic acids is 1. The minimum Gasteiger partial charge on any atom is -0.496 e. The van der Waals surface area contributed by atoms with E-state index in [4.69, 9.17) is 4.74 Å². The molecule has 0 aromatic heterocycles. The molecule has 0 spiro atoms. The second-order valence-electron chi connectivity index (χ2n) is 5.96. The van der Waals surface area contributed by atoms with E-state index in [0.29, 0.717) is 11.3 Å². The number of carbonyl (C=O) groups is 1. The van der Waals surface area contributed by atoms with Gasteiger partial charge in [0.1, 0.15) is 5.75 Å². The summed E-state index contributed by atoms with van der Waals surface area (Å²) < 4.78 is 5.24. The normalized spacial score (nSPS) is 12.5. The Morgan fingerprint density at radius 3 is 2.39 bits per heavy atom. The van der Waals surface area contributed by atoms with Gasteiger partial charge in [0.05, 0.1) is 18.6 Å². The van der Waals surface area contributed by atoms with E-state index in [1.165, 1.54) is 0 Å². The quantitative estimate of drug-likeness (QED) is 0.862. The maximum absolute atomic E-state index is 12.5. The third-order valence-corrected chi connectivity index (χ3v) is 4.02. The molecule has 23 heavy (non-hydrogen) atoms. The van der Waals surface area contributed by atoms with Crippen LogP contribution in [-0.4, -0.2) is 24.7 Å². The van der Waals surface area contributed by atoms with Crippen LogP contribution in [0.15, 0.2) is 54.6 Å². The third-order valence-electron chi connectivity index (χ3n) is 4.02. The van der Waals surface area contributed by atoms with E-state index in [1.807, 2.05) is 56.3 Å². The predicted octanol–water partition coefficient (Wildman–Crippen LogP) is 2.82. The van der Waals surface area contributed by atoms with E-state index < -0.39 is 11.5 Å². The number of rotatable bonds is 6. The maximum Gasteiger partial charge on any atom is 0.230 e. The molecule has 2 aromatic carbocycles. The Morgan fingerprint density at radius 2 is 1.74 bits per heavy atom. The average Bonchev–Trinajstić information content (AvgIpc) is 2.59. The highest BCUT2D eigenvalue weighted by Gasteiger charge is 2.29. The lowest BCUT2D eigenvalue weighted by Gasteiger charge is -2.25. The molecule has 0 saturated heterocycles. The first-order valence-corrected chi connectivity index (χ1v) is 7.61. The molecule has 4 nitrogen and oxygen atoms in total. The molecule has 0 bridgehead atoms. The van der Waals surface area contributed by atoms with Crippen molar-refractivity contribution in [3.05, 3.63) is 65.7 Å². The van der Waals surface area contributed by atoms with Crippen molar-refractivity contribution in [2.75, 3.05) is 13.7 Å². The van der Waals surface area contributed by atoms with Crippen molar-refractivity contribution in [1.29, 1.82) is 0 Å². The van der Waals surface area contributed by atoms with Crippen LogP contribution < -0.4 is 10.1 Å². The molecule has 0 aliphatic heterocycles. The Labute approximate surface area is 137 Å². The Kier molecular flexibility index (Phi) is 5.40. The minimum absolute atomic E-state index is 0.127. The predicted molar refractivity (Wildman–Crippen MR) is 90.4 cm³/mol. The second-order valence-corrected chi connectivity index (χ2v) is 5.96. The number of methoxy groups -OCH3 is 1. The molecular weight excluding hydrogens is 290 g/mol. The van der Waals surface area contributed by atoms with Crippen LogP contribution in [0.4, 0.5) is 0 Å². The second kappa shape index (κ2) is 7.29. The highest BCUT2D eigenvalue weighted by Crippen LogP contribution is 2.26. The highest BCUT2D eigenvalue weighted by atomic mass is 16.5. The first kappa shape index (κ1) is 17.0. The highest BCUT2D eigenvalue weighted by molar-refractivity contribution is 5.87. The number of aliphatic hydroxyl groups excluding tert-OH is 1. The summed E-state index contributed by atoms with van der Waals surface area (Å²) in [6, 6.07) is 16.8. The van der Waals surface area contributed by atoms with Crippen molar-refractivity contribution in [2.24, 2.45) is 0 Å². The summed E-state index contributed by atoms with van der Waals surface area (Å²) in [7, 11) is 1.56. The molecule has 0 fully saturated rings. The van der Waals surface area contributed by atoms with Gasteiger partial charge in [0.15, 0.2) is 0 Å². The molecule has 1 amide bonds. The van der Waals surface area contributed by atoms with Gasteiger partial charge in [-0.25, -0.2) is 0 Å². The van der Waals surface area contributed by atoms with E-state index in [1.54, 1.807) is 19.2 Å². The van der Waals surface area contributed by atoms with Gasteiger partial charge in [-0.2, -0.15) is 0 Å². The number of hydrogen-bond donors (Lipinski definition) is 2. The van der Waals surface area contributed by atoms with Crippen LogP contribution in [0, 0.1) is 0 Å². The molecule has 2 aromatic rings. The van der Waals surface area contributed by atoms with Crippen LogP contribution in [0.3, 0.4) is 0 Å². The van der Waals surface area contributed by atoms with Crippen molar-refractivity contribution >= 4 is 5.91 Å². The topological polar surface area (TPSA) is 58.6 Å². The lowest BCUT2D eigenvalue weighted by Crippen LogP contribution is -2.41. The molecule has 4 heteroatoms. The average molecular weight is 313 g/mol. The van der Waals surface area contributed by atoms with E-state index >= 15 is 0 Å². The van der Waals surface area contributed by atoms with Crippen molar-refractivity contribution in [1.82, 2.24) is 5.32 Å². The van der Waals surface area contributed by atoms with Crippen molar-refractivity contribution < 1.29 is 14.6 Å². The number of ether oxygens (including phenoxy) is 1. The minimum atomic E-state index is -0.818. The molecule has 0 radical (unpaired) electrons. The van der Waals surface area contributed by atoms with Gasteiger partial charge in [0.25, 0.3) is 0 Å². The van der Waals surface area contributed by atoms with Gasteiger partial charge in [-0.05, 0) is 25.5 Å². The standard InChI is InChI=1S/C19H23NO3/c1-19(2,14-9-5-4-6-10-14)18(22)20-13-16(21)15-11-7-8-12-17(15)23-3/h4-12,16,21H,13H2,1-3H3,(H,20,22). The fourth-order valence-electron chi connectivity index (χ4n) is 2.45. The molecule has 1 unspecified atom stereocenters. The number of amides is 1. The summed E-state index contributed by atoms with van der Waals surface area (Å²) in [5, 5.41) is 13.1. The first-order chi connectivity index (χ1) is 11.0. The van der Waals surface area contributed by atoms with Crippen molar-refractivity contribution in [3.8, 4) is 5.75 Å². The third kappa shape index (κ3) is 3.90. The number of nitrogens with one attached hydrogen (secondary N) is 1. The van der Waals surface area contributed by atoms with Gasteiger partial charge in [-0.3, -0.25) is 4.79 Å². The molecule has 0 heterocycles. The van der Waals surface area contributed by atoms with Crippen LogP contribution in [0.5, 0.6) is 5.75 Å². The molecule has 0 aliphatic carbocycles. The Hall–Kier alpha value is -2.33. The van der Waals surface area contributed by atoms with Crippen molar-refractivity contribution in [3.63, 3.8) is 0 Å². The monoisotopic (exact) mass is 313 g/mol. The molecule has 122 valence electrons. The lowest BCUT2D eigenvalue weighted by molar-refractivity contribution is -0.126. The zero-order chi connectivity index (χ0) is 16.9.